The standard InChI is InChI=1S/C25H30F3N3O2/c1-16-22(31(15-29-16)14-17-9-10-17)13-23(32)18-5-4-8-21(12-18)30(2)24(33)19-6-3-7-20(11-19)25(26,27)28/h3,6-7,11,15,17-18,21H,4-5,8-10,12-14H2,1-2H3/t18-,21+/m0/s1. The number of carbonyl (C=O) groups excluding carboxylic acids is 2. The summed E-state index contributed by atoms with van der Waals surface area (Å²) in [6, 6.07) is 4.34. The largest absolute Gasteiger partial charge is 0.416 e. The predicted octanol–water partition coefficient (Wildman–Crippen LogP) is 5.06. The second kappa shape index (κ2) is 9.31. The van der Waals surface area contributed by atoms with Crippen molar-refractivity contribution < 1.29 is 22.8 Å². The van der Waals surface area contributed by atoms with Gasteiger partial charge in [0.25, 0.3) is 5.91 Å². The van der Waals surface area contributed by atoms with Crippen LogP contribution in [0, 0.1) is 18.8 Å². The fourth-order valence-electron chi connectivity index (χ4n) is 4.79. The zero-order chi connectivity index (χ0) is 23.8. The van der Waals surface area contributed by atoms with E-state index in [1.807, 2.05) is 13.3 Å². The van der Waals surface area contributed by atoms with Gasteiger partial charge in [0.15, 0.2) is 0 Å². The van der Waals surface area contributed by atoms with E-state index in [0.717, 1.165) is 49.3 Å². The number of carbonyl (C=O) groups is 2. The molecule has 0 radical (unpaired) electrons. The Bertz CT molecular complexity index is 1030. The van der Waals surface area contributed by atoms with Crippen LogP contribution in [0.5, 0.6) is 0 Å². The maximum Gasteiger partial charge on any atom is 0.416 e. The van der Waals surface area contributed by atoms with Gasteiger partial charge in [-0.05, 0) is 63.1 Å². The molecular formula is C25H30F3N3O2. The topological polar surface area (TPSA) is 55.2 Å². The van der Waals surface area contributed by atoms with Crippen LogP contribution in [0.2, 0.25) is 0 Å². The molecule has 33 heavy (non-hydrogen) atoms. The molecule has 2 fully saturated rings. The molecule has 2 aliphatic rings. The van der Waals surface area contributed by atoms with Gasteiger partial charge in [-0.2, -0.15) is 13.2 Å². The lowest BCUT2D eigenvalue weighted by Crippen LogP contribution is -2.41. The first-order valence-electron chi connectivity index (χ1n) is 11.6. The molecule has 2 saturated carbocycles. The van der Waals surface area contributed by atoms with E-state index in [1.54, 1.807) is 7.05 Å². The zero-order valence-corrected chi connectivity index (χ0v) is 19.1. The summed E-state index contributed by atoms with van der Waals surface area (Å²) < 4.78 is 41.2. The number of imidazole rings is 1. The van der Waals surface area contributed by atoms with Crippen LogP contribution < -0.4 is 0 Å². The number of aromatic nitrogens is 2. The highest BCUT2D eigenvalue weighted by Gasteiger charge is 2.34. The first-order valence-corrected chi connectivity index (χ1v) is 11.6. The Morgan fingerprint density at radius 1 is 1.18 bits per heavy atom. The quantitative estimate of drug-likeness (QED) is 0.579. The summed E-state index contributed by atoms with van der Waals surface area (Å²) in [4.78, 5) is 32.0. The normalized spacial score (nSPS) is 21.1. The van der Waals surface area contributed by atoms with Crippen LogP contribution in [-0.2, 0) is 23.9 Å². The molecule has 4 rings (SSSR count). The maximum atomic E-state index is 13.2. The van der Waals surface area contributed by atoms with Crippen LogP contribution in [0.4, 0.5) is 13.2 Å². The van der Waals surface area contributed by atoms with Crippen molar-refractivity contribution in [2.24, 2.45) is 11.8 Å². The van der Waals surface area contributed by atoms with Gasteiger partial charge in [-0.3, -0.25) is 9.59 Å². The molecule has 1 heterocycles. The van der Waals surface area contributed by atoms with E-state index < -0.39 is 17.6 Å². The minimum absolute atomic E-state index is 0.0142. The molecule has 0 bridgehead atoms. The molecule has 5 nitrogen and oxygen atoms in total. The summed E-state index contributed by atoms with van der Waals surface area (Å²) in [5, 5.41) is 0. The number of hydrogen-bond donors (Lipinski definition) is 0. The molecule has 1 aromatic carbocycles. The summed E-state index contributed by atoms with van der Waals surface area (Å²) in [5.41, 5.74) is 1.03. The van der Waals surface area contributed by atoms with Crippen LogP contribution >= 0.6 is 0 Å². The third-order valence-electron chi connectivity index (χ3n) is 7.06. The molecule has 2 aromatic rings. The molecule has 1 amide bonds. The highest BCUT2D eigenvalue weighted by atomic mass is 19.4. The molecule has 2 aliphatic carbocycles. The van der Waals surface area contributed by atoms with Gasteiger partial charge in [-0.25, -0.2) is 4.98 Å². The Hall–Kier alpha value is -2.64. The smallest absolute Gasteiger partial charge is 0.339 e. The van der Waals surface area contributed by atoms with Gasteiger partial charge in [0, 0.05) is 43.2 Å². The monoisotopic (exact) mass is 461 g/mol. The van der Waals surface area contributed by atoms with Gasteiger partial charge in [0.2, 0.25) is 0 Å². The Balaban J connectivity index is 1.41. The minimum atomic E-state index is -4.50. The van der Waals surface area contributed by atoms with Crippen molar-refractivity contribution >= 4 is 11.7 Å². The number of Topliss-reactive ketones (excluding diaryl/α,β-unsaturated/α-hetero) is 1. The second-order valence-corrected chi connectivity index (χ2v) is 9.53. The van der Waals surface area contributed by atoms with Crippen molar-refractivity contribution in [2.45, 2.75) is 70.6 Å². The van der Waals surface area contributed by atoms with E-state index in [4.69, 9.17) is 0 Å². The van der Waals surface area contributed by atoms with Crippen molar-refractivity contribution in [2.75, 3.05) is 7.05 Å². The van der Waals surface area contributed by atoms with E-state index in [1.165, 1.54) is 29.9 Å². The summed E-state index contributed by atoms with van der Waals surface area (Å²) >= 11 is 0. The third-order valence-corrected chi connectivity index (χ3v) is 7.06. The van der Waals surface area contributed by atoms with Crippen LogP contribution in [0.25, 0.3) is 0 Å². The first-order chi connectivity index (χ1) is 15.6. The molecule has 0 saturated heterocycles. The van der Waals surface area contributed by atoms with E-state index in [0.29, 0.717) is 18.8 Å². The lowest BCUT2D eigenvalue weighted by molar-refractivity contribution is -0.137. The van der Waals surface area contributed by atoms with Gasteiger partial charge >= 0.3 is 6.18 Å². The Morgan fingerprint density at radius 3 is 2.64 bits per heavy atom. The van der Waals surface area contributed by atoms with Crippen molar-refractivity contribution in [3.8, 4) is 0 Å². The van der Waals surface area contributed by atoms with Crippen molar-refractivity contribution in [3.05, 3.63) is 53.1 Å². The molecule has 178 valence electrons. The van der Waals surface area contributed by atoms with Crippen molar-refractivity contribution in [3.63, 3.8) is 0 Å². The highest BCUT2D eigenvalue weighted by Crippen LogP contribution is 2.33. The molecule has 1 aromatic heterocycles. The molecule has 8 heteroatoms. The van der Waals surface area contributed by atoms with Gasteiger partial charge in [0.05, 0.1) is 17.6 Å². The zero-order valence-electron chi connectivity index (χ0n) is 19.1. The van der Waals surface area contributed by atoms with Crippen LogP contribution in [-0.4, -0.2) is 39.2 Å². The van der Waals surface area contributed by atoms with Crippen LogP contribution in [0.1, 0.15) is 65.8 Å². The average Bonchev–Trinajstić information content (AvgIpc) is 3.56. The number of ketones is 1. The lowest BCUT2D eigenvalue weighted by Gasteiger charge is -2.35. The number of rotatable bonds is 7. The number of halogens is 3. The predicted molar refractivity (Wildman–Crippen MR) is 118 cm³/mol. The Kier molecular flexibility index (Phi) is 6.64. The molecule has 2 atom stereocenters. The summed E-state index contributed by atoms with van der Waals surface area (Å²) in [6.07, 6.45) is 2.96. The first kappa shape index (κ1) is 23.5. The van der Waals surface area contributed by atoms with E-state index in [-0.39, 0.29) is 23.3 Å². The number of alkyl halides is 3. The maximum absolute atomic E-state index is 13.2. The van der Waals surface area contributed by atoms with Gasteiger partial charge in [-0.1, -0.05) is 12.5 Å². The Morgan fingerprint density at radius 2 is 1.94 bits per heavy atom. The van der Waals surface area contributed by atoms with E-state index in [2.05, 4.69) is 9.55 Å². The van der Waals surface area contributed by atoms with E-state index in [9.17, 15) is 22.8 Å². The van der Waals surface area contributed by atoms with Gasteiger partial charge < -0.3 is 9.47 Å². The number of benzene rings is 1. The fourth-order valence-corrected chi connectivity index (χ4v) is 4.79. The molecule has 0 N–H and O–H groups in total. The molecular weight excluding hydrogens is 431 g/mol. The molecule has 0 unspecified atom stereocenters. The van der Waals surface area contributed by atoms with Crippen molar-refractivity contribution in [1.29, 1.82) is 0 Å². The number of hydrogen-bond acceptors (Lipinski definition) is 3. The summed E-state index contributed by atoms with van der Waals surface area (Å²) in [6.45, 7) is 2.84. The number of aryl methyl sites for hydroxylation is 1. The minimum Gasteiger partial charge on any atom is -0.339 e. The second-order valence-electron chi connectivity index (χ2n) is 9.53. The van der Waals surface area contributed by atoms with Crippen LogP contribution in [0.3, 0.4) is 0 Å². The lowest BCUT2D eigenvalue weighted by atomic mass is 9.81. The summed E-state index contributed by atoms with van der Waals surface area (Å²) in [5.74, 6) is 0.226. The highest BCUT2D eigenvalue weighted by molar-refractivity contribution is 5.94. The van der Waals surface area contributed by atoms with E-state index >= 15 is 0 Å². The fraction of sp³-hybridized carbons (Fsp3) is 0.560. The average molecular weight is 462 g/mol. The van der Waals surface area contributed by atoms with Gasteiger partial charge in [0.1, 0.15) is 5.78 Å². The molecule has 0 spiro atoms. The summed E-state index contributed by atoms with van der Waals surface area (Å²) in [7, 11) is 1.62. The van der Waals surface area contributed by atoms with Gasteiger partial charge in [-0.15, -0.1) is 0 Å². The number of amides is 1. The van der Waals surface area contributed by atoms with Crippen LogP contribution in [0.15, 0.2) is 30.6 Å². The molecule has 0 aliphatic heterocycles. The SMILES string of the molecule is Cc1ncn(CC2CC2)c1CC(=O)[C@H]1CCC[C@@H](N(C)C(=O)c2cccc(C(F)(F)F)c2)C1. The Labute approximate surface area is 192 Å². The third kappa shape index (κ3) is 5.47. The van der Waals surface area contributed by atoms with Crippen molar-refractivity contribution in [1.82, 2.24) is 14.5 Å². The number of nitrogens with zero attached hydrogens (tertiary/aromatic N) is 3.